The minimum Gasteiger partial charge on any atom is -0.370 e. The molecule has 0 saturated carbocycles. The Kier molecular flexibility index (Phi) is 11.8. The highest BCUT2D eigenvalue weighted by atomic mass is 16.1. The monoisotopic (exact) mass is 306 g/mol. The van der Waals surface area contributed by atoms with E-state index in [4.69, 9.17) is 11.5 Å². The van der Waals surface area contributed by atoms with Crippen molar-refractivity contribution < 1.29 is 9.59 Å². The molecule has 1 aromatic rings. The predicted molar refractivity (Wildman–Crippen MR) is 91.2 cm³/mol. The average molecular weight is 306 g/mol. The van der Waals surface area contributed by atoms with Crippen LogP contribution >= 0.6 is 0 Å². The third-order valence-corrected chi connectivity index (χ3v) is 3.31. The molecule has 0 aromatic heterocycles. The van der Waals surface area contributed by atoms with Gasteiger partial charge in [-0.3, -0.25) is 9.59 Å². The number of carbonyl (C=O) groups excluding carboxylic acids is 2. The molecule has 124 valence electrons. The molecule has 0 bridgehead atoms. The lowest BCUT2D eigenvalue weighted by atomic mass is 10.1. The highest BCUT2D eigenvalue weighted by Gasteiger charge is 1.96. The van der Waals surface area contributed by atoms with Gasteiger partial charge in [0.15, 0.2) is 0 Å². The third kappa shape index (κ3) is 14.6. The van der Waals surface area contributed by atoms with Crippen LogP contribution < -0.4 is 11.5 Å². The van der Waals surface area contributed by atoms with Gasteiger partial charge in [0.25, 0.3) is 0 Å². The zero-order valence-corrected chi connectivity index (χ0v) is 13.9. The number of aryl methyl sites for hydroxylation is 2. The van der Waals surface area contributed by atoms with Crippen molar-refractivity contribution in [3.63, 3.8) is 0 Å². The molecule has 0 aliphatic heterocycles. The molecular weight excluding hydrogens is 276 g/mol. The molecule has 0 aliphatic carbocycles. The summed E-state index contributed by atoms with van der Waals surface area (Å²) in [7, 11) is 0. The van der Waals surface area contributed by atoms with Crippen molar-refractivity contribution in [1.29, 1.82) is 0 Å². The van der Waals surface area contributed by atoms with Crippen molar-refractivity contribution in [2.75, 3.05) is 0 Å². The topological polar surface area (TPSA) is 86.2 Å². The minimum atomic E-state index is -0.223. The summed E-state index contributed by atoms with van der Waals surface area (Å²) in [5.41, 5.74) is 12.7. The van der Waals surface area contributed by atoms with Gasteiger partial charge in [-0.05, 0) is 26.7 Å². The molecule has 0 fully saturated rings. The van der Waals surface area contributed by atoms with Crippen LogP contribution in [0.4, 0.5) is 0 Å². The van der Waals surface area contributed by atoms with Crippen LogP contribution in [0.1, 0.15) is 62.5 Å². The van der Waals surface area contributed by atoms with E-state index in [1.165, 1.54) is 11.1 Å². The van der Waals surface area contributed by atoms with E-state index in [0.717, 1.165) is 38.5 Å². The molecule has 1 aromatic carbocycles. The smallest absolute Gasteiger partial charge is 0.217 e. The van der Waals surface area contributed by atoms with Gasteiger partial charge in [0.05, 0.1) is 0 Å². The van der Waals surface area contributed by atoms with Gasteiger partial charge >= 0.3 is 0 Å². The summed E-state index contributed by atoms with van der Waals surface area (Å²) in [4.78, 5) is 20.8. The number of unbranched alkanes of at least 4 members (excludes halogenated alkanes) is 5. The first-order valence-electron chi connectivity index (χ1n) is 8.01. The number of primary amides is 2. The van der Waals surface area contributed by atoms with E-state index in [2.05, 4.69) is 38.1 Å². The molecule has 0 heterocycles. The fraction of sp³-hybridized carbons (Fsp3) is 0.556. The van der Waals surface area contributed by atoms with E-state index in [1.54, 1.807) is 0 Å². The summed E-state index contributed by atoms with van der Waals surface area (Å²) in [6, 6.07) is 8.48. The van der Waals surface area contributed by atoms with Crippen LogP contribution in [-0.4, -0.2) is 11.8 Å². The Morgan fingerprint density at radius 3 is 1.23 bits per heavy atom. The third-order valence-electron chi connectivity index (χ3n) is 3.31. The van der Waals surface area contributed by atoms with Crippen molar-refractivity contribution in [3.8, 4) is 0 Å². The lowest BCUT2D eigenvalue weighted by molar-refractivity contribution is -0.119. The van der Waals surface area contributed by atoms with E-state index in [1.807, 2.05) is 0 Å². The Morgan fingerprint density at radius 1 is 0.682 bits per heavy atom. The molecule has 0 saturated heterocycles. The van der Waals surface area contributed by atoms with Gasteiger partial charge in [-0.2, -0.15) is 0 Å². The van der Waals surface area contributed by atoms with Gasteiger partial charge in [-0.1, -0.05) is 61.1 Å². The van der Waals surface area contributed by atoms with E-state index in [9.17, 15) is 9.59 Å². The number of rotatable bonds is 9. The lowest BCUT2D eigenvalue weighted by Crippen LogP contribution is -2.09. The van der Waals surface area contributed by atoms with Crippen molar-refractivity contribution in [2.24, 2.45) is 11.5 Å². The van der Waals surface area contributed by atoms with Crippen LogP contribution in [0.5, 0.6) is 0 Å². The second kappa shape index (κ2) is 12.9. The average Bonchev–Trinajstić information content (AvgIpc) is 2.45. The van der Waals surface area contributed by atoms with Crippen molar-refractivity contribution in [2.45, 2.75) is 65.2 Å². The van der Waals surface area contributed by atoms with Gasteiger partial charge in [0.1, 0.15) is 0 Å². The highest BCUT2D eigenvalue weighted by Crippen LogP contribution is 2.07. The molecular formula is C18H30N2O2. The molecule has 0 spiro atoms. The second-order valence-corrected chi connectivity index (χ2v) is 5.71. The van der Waals surface area contributed by atoms with Crippen molar-refractivity contribution in [1.82, 2.24) is 0 Å². The SMILES string of the molecule is Cc1ccc(C)cc1.NC(=O)CCCCCCCCC(N)=O. The van der Waals surface area contributed by atoms with Crippen LogP contribution in [0.15, 0.2) is 24.3 Å². The molecule has 0 aliphatic rings. The Morgan fingerprint density at radius 2 is 0.955 bits per heavy atom. The quantitative estimate of drug-likeness (QED) is 0.685. The second-order valence-electron chi connectivity index (χ2n) is 5.71. The molecule has 0 radical (unpaired) electrons. The van der Waals surface area contributed by atoms with E-state index < -0.39 is 0 Å². The molecule has 22 heavy (non-hydrogen) atoms. The molecule has 1 rings (SSSR count). The number of amides is 2. The lowest BCUT2D eigenvalue weighted by Gasteiger charge is -1.99. The molecule has 0 unspecified atom stereocenters. The fourth-order valence-electron chi connectivity index (χ4n) is 1.94. The van der Waals surface area contributed by atoms with Crippen LogP contribution in [0.3, 0.4) is 0 Å². The summed E-state index contributed by atoms with van der Waals surface area (Å²) < 4.78 is 0. The Balaban J connectivity index is 0.000000461. The van der Waals surface area contributed by atoms with Crippen molar-refractivity contribution in [3.05, 3.63) is 35.4 Å². The van der Waals surface area contributed by atoms with Gasteiger partial charge in [0.2, 0.25) is 11.8 Å². The summed E-state index contributed by atoms with van der Waals surface area (Å²) in [6.45, 7) is 4.19. The maximum Gasteiger partial charge on any atom is 0.217 e. The minimum absolute atomic E-state index is 0.223. The number of hydrogen-bond donors (Lipinski definition) is 2. The number of carbonyl (C=O) groups is 2. The first-order chi connectivity index (χ1) is 10.4. The Labute approximate surface area is 134 Å². The van der Waals surface area contributed by atoms with E-state index in [-0.39, 0.29) is 11.8 Å². The van der Waals surface area contributed by atoms with Crippen LogP contribution in [0.2, 0.25) is 0 Å². The Hall–Kier alpha value is -1.84. The van der Waals surface area contributed by atoms with E-state index >= 15 is 0 Å². The zero-order valence-electron chi connectivity index (χ0n) is 13.9. The first-order valence-corrected chi connectivity index (χ1v) is 8.01. The number of hydrogen-bond acceptors (Lipinski definition) is 2. The van der Waals surface area contributed by atoms with Crippen LogP contribution in [-0.2, 0) is 9.59 Å². The number of nitrogens with two attached hydrogens (primary N) is 2. The van der Waals surface area contributed by atoms with Gasteiger partial charge in [0, 0.05) is 12.8 Å². The maximum atomic E-state index is 10.4. The van der Waals surface area contributed by atoms with Gasteiger partial charge in [-0.15, -0.1) is 0 Å². The van der Waals surface area contributed by atoms with E-state index in [0.29, 0.717) is 12.8 Å². The van der Waals surface area contributed by atoms with Crippen LogP contribution in [0, 0.1) is 13.8 Å². The summed E-state index contributed by atoms with van der Waals surface area (Å²) in [6.07, 6.45) is 7.02. The first kappa shape index (κ1) is 20.2. The Bertz CT molecular complexity index is 386. The van der Waals surface area contributed by atoms with Gasteiger partial charge in [-0.25, -0.2) is 0 Å². The summed E-state index contributed by atoms with van der Waals surface area (Å²) in [5.74, 6) is -0.447. The van der Waals surface area contributed by atoms with Crippen LogP contribution in [0.25, 0.3) is 0 Å². The zero-order chi connectivity index (χ0) is 16.8. The summed E-state index contributed by atoms with van der Waals surface area (Å²) in [5, 5.41) is 0. The predicted octanol–water partition coefficient (Wildman–Crippen LogP) is 3.38. The van der Waals surface area contributed by atoms with Gasteiger partial charge < -0.3 is 11.5 Å². The molecule has 4 heteroatoms. The number of benzene rings is 1. The van der Waals surface area contributed by atoms with Crippen molar-refractivity contribution >= 4 is 11.8 Å². The largest absolute Gasteiger partial charge is 0.370 e. The fourth-order valence-corrected chi connectivity index (χ4v) is 1.94. The standard InChI is InChI=1S/C10H20N2O2.C8H10/c11-9(13)7-5-3-1-2-4-6-8-10(12)14;1-7-3-5-8(2)6-4-7/h1-8H2,(H2,11,13)(H2,12,14);3-6H,1-2H3. The normalized spacial score (nSPS) is 9.73. The molecule has 4 nitrogen and oxygen atoms in total. The highest BCUT2D eigenvalue weighted by molar-refractivity contribution is 5.73. The molecule has 2 amide bonds. The molecule has 4 N–H and O–H groups in total. The molecule has 0 atom stereocenters. The summed E-state index contributed by atoms with van der Waals surface area (Å²) >= 11 is 0. The maximum absolute atomic E-state index is 10.4.